The van der Waals surface area contributed by atoms with E-state index in [9.17, 15) is 4.79 Å². The molecule has 0 saturated heterocycles. The second-order valence-corrected chi connectivity index (χ2v) is 5.33. The molecule has 0 aliphatic heterocycles. The summed E-state index contributed by atoms with van der Waals surface area (Å²) >= 11 is 0. The Morgan fingerprint density at radius 2 is 1.46 bits per heavy atom. The highest BCUT2D eigenvalue weighted by Gasteiger charge is 2.08. The molecule has 1 aromatic heterocycles. The van der Waals surface area contributed by atoms with Crippen LogP contribution in [0.25, 0.3) is 0 Å². The summed E-state index contributed by atoms with van der Waals surface area (Å²) in [5, 5.41) is 2.75. The first-order valence-electron chi connectivity index (χ1n) is 8.09. The maximum atomic E-state index is 11.9. The van der Waals surface area contributed by atoms with Gasteiger partial charge in [0.25, 0.3) is 5.91 Å². The molecule has 26 heavy (non-hydrogen) atoms. The number of hydrogen-bond acceptors (Lipinski definition) is 5. The van der Waals surface area contributed by atoms with E-state index in [1.807, 2.05) is 24.3 Å². The predicted octanol–water partition coefficient (Wildman–Crippen LogP) is 4.00. The van der Waals surface area contributed by atoms with Gasteiger partial charge in [0, 0.05) is 5.69 Å². The molecule has 1 heterocycles. The van der Waals surface area contributed by atoms with Gasteiger partial charge in [-0.05, 0) is 60.7 Å². The van der Waals surface area contributed by atoms with E-state index in [1.54, 1.807) is 43.5 Å². The quantitative estimate of drug-likeness (QED) is 0.620. The molecule has 134 valence electrons. The Hall–Kier alpha value is -3.41. The Bertz CT molecular complexity index is 810. The zero-order valence-corrected chi connectivity index (χ0v) is 14.3. The lowest BCUT2D eigenvalue weighted by molar-refractivity contribution is 0.0996. The molecule has 6 heteroatoms. The second-order valence-electron chi connectivity index (χ2n) is 5.33. The maximum Gasteiger partial charge on any atom is 0.291 e. The van der Waals surface area contributed by atoms with Gasteiger partial charge in [0.05, 0.1) is 13.4 Å². The standard InChI is InChI=1S/C20H19NO5/c1-23-16-8-10-18(11-9-16)25-14-13-24-17-6-4-15(5-7-17)21-20(22)19-3-2-12-26-19/h2-12H,13-14H2,1H3,(H,21,22). The molecule has 0 saturated carbocycles. The molecule has 0 aliphatic rings. The minimum atomic E-state index is -0.295. The van der Waals surface area contributed by atoms with Gasteiger partial charge in [0.1, 0.15) is 30.5 Å². The van der Waals surface area contributed by atoms with Crippen molar-refractivity contribution in [3.8, 4) is 17.2 Å². The first kappa shape index (κ1) is 17.4. The number of carbonyl (C=O) groups is 1. The van der Waals surface area contributed by atoms with E-state index in [1.165, 1.54) is 6.26 Å². The fourth-order valence-corrected chi connectivity index (χ4v) is 2.23. The number of benzene rings is 2. The summed E-state index contributed by atoms with van der Waals surface area (Å²) in [6, 6.07) is 17.7. The normalized spacial score (nSPS) is 10.2. The van der Waals surface area contributed by atoms with Crippen molar-refractivity contribution < 1.29 is 23.4 Å². The summed E-state index contributed by atoms with van der Waals surface area (Å²) in [4.78, 5) is 11.9. The van der Waals surface area contributed by atoms with Crippen molar-refractivity contribution in [1.29, 1.82) is 0 Å². The Morgan fingerprint density at radius 1 is 0.885 bits per heavy atom. The third-order valence-electron chi connectivity index (χ3n) is 3.54. The molecule has 0 aliphatic carbocycles. The van der Waals surface area contributed by atoms with Crippen LogP contribution in [0.3, 0.4) is 0 Å². The van der Waals surface area contributed by atoms with Crippen LogP contribution in [-0.2, 0) is 0 Å². The molecule has 0 bridgehead atoms. The van der Waals surface area contributed by atoms with E-state index >= 15 is 0 Å². The Morgan fingerprint density at radius 3 is 2.00 bits per heavy atom. The number of ether oxygens (including phenoxy) is 3. The lowest BCUT2D eigenvalue weighted by Gasteiger charge is -2.09. The largest absolute Gasteiger partial charge is 0.497 e. The maximum absolute atomic E-state index is 11.9. The molecule has 0 spiro atoms. The van der Waals surface area contributed by atoms with E-state index < -0.39 is 0 Å². The van der Waals surface area contributed by atoms with Crippen LogP contribution in [0.1, 0.15) is 10.6 Å². The van der Waals surface area contributed by atoms with Crippen LogP contribution in [0.5, 0.6) is 17.2 Å². The number of methoxy groups -OCH3 is 1. The van der Waals surface area contributed by atoms with Crippen LogP contribution >= 0.6 is 0 Å². The van der Waals surface area contributed by atoms with Crippen LogP contribution in [0.15, 0.2) is 71.3 Å². The van der Waals surface area contributed by atoms with Crippen LogP contribution in [0.4, 0.5) is 5.69 Å². The Kier molecular flexibility index (Phi) is 5.77. The molecular weight excluding hydrogens is 334 g/mol. The number of anilines is 1. The van der Waals surface area contributed by atoms with E-state index in [0.29, 0.717) is 24.7 Å². The van der Waals surface area contributed by atoms with Crippen LogP contribution in [0.2, 0.25) is 0 Å². The topological polar surface area (TPSA) is 69.9 Å². The summed E-state index contributed by atoms with van der Waals surface area (Å²) < 4.78 is 21.4. The Balaban J connectivity index is 1.41. The molecule has 0 fully saturated rings. The first-order chi connectivity index (χ1) is 12.7. The highest BCUT2D eigenvalue weighted by molar-refractivity contribution is 6.02. The summed E-state index contributed by atoms with van der Waals surface area (Å²) in [7, 11) is 1.62. The van der Waals surface area contributed by atoms with E-state index in [0.717, 1.165) is 11.5 Å². The molecule has 0 atom stereocenters. The second kappa shape index (κ2) is 8.62. The van der Waals surface area contributed by atoms with E-state index in [4.69, 9.17) is 18.6 Å². The van der Waals surface area contributed by atoms with Crippen molar-refractivity contribution >= 4 is 11.6 Å². The van der Waals surface area contributed by atoms with Crippen LogP contribution in [0, 0.1) is 0 Å². The molecule has 0 radical (unpaired) electrons. The molecular formula is C20H19NO5. The van der Waals surface area contributed by atoms with Gasteiger partial charge in [0.15, 0.2) is 5.76 Å². The minimum absolute atomic E-state index is 0.265. The number of amides is 1. The van der Waals surface area contributed by atoms with Crippen molar-refractivity contribution in [2.45, 2.75) is 0 Å². The van der Waals surface area contributed by atoms with Crippen molar-refractivity contribution in [1.82, 2.24) is 0 Å². The molecule has 1 amide bonds. The van der Waals surface area contributed by atoms with Crippen molar-refractivity contribution in [2.24, 2.45) is 0 Å². The average Bonchev–Trinajstić information content (AvgIpc) is 3.22. The number of hydrogen-bond donors (Lipinski definition) is 1. The molecule has 3 rings (SSSR count). The van der Waals surface area contributed by atoms with Gasteiger partial charge in [0.2, 0.25) is 0 Å². The lowest BCUT2D eigenvalue weighted by atomic mass is 10.3. The van der Waals surface area contributed by atoms with Gasteiger partial charge < -0.3 is 23.9 Å². The smallest absolute Gasteiger partial charge is 0.291 e. The number of nitrogens with one attached hydrogen (secondary N) is 1. The molecule has 3 aromatic rings. The van der Waals surface area contributed by atoms with Gasteiger partial charge in [-0.3, -0.25) is 4.79 Å². The highest BCUT2D eigenvalue weighted by atomic mass is 16.5. The Labute approximate surface area is 151 Å². The van der Waals surface area contributed by atoms with Gasteiger partial charge in [-0.1, -0.05) is 0 Å². The molecule has 0 unspecified atom stereocenters. The zero-order valence-electron chi connectivity index (χ0n) is 14.3. The molecule has 2 aromatic carbocycles. The summed E-state index contributed by atoms with van der Waals surface area (Å²) in [6.07, 6.45) is 1.46. The molecule has 6 nitrogen and oxygen atoms in total. The van der Waals surface area contributed by atoms with Crippen molar-refractivity contribution in [3.63, 3.8) is 0 Å². The van der Waals surface area contributed by atoms with E-state index in [2.05, 4.69) is 5.32 Å². The zero-order chi connectivity index (χ0) is 18.2. The predicted molar refractivity (Wildman–Crippen MR) is 97.1 cm³/mol. The van der Waals surface area contributed by atoms with Crippen LogP contribution in [-0.4, -0.2) is 26.2 Å². The first-order valence-corrected chi connectivity index (χ1v) is 8.09. The summed E-state index contributed by atoms with van der Waals surface area (Å²) in [6.45, 7) is 0.827. The minimum Gasteiger partial charge on any atom is -0.497 e. The van der Waals surface area contributed by atoms with Crippen molar-refractivity contribution in [2.75, 3.05) is 25.6 Å². The average molecular weight is 353 g/mol. The SMILES string of the molecule is COc1ccc(OCCOc2ccc(NC(=O)c3ccco3)cc2)cc1. The summed E-state index contributed by atoms with van der Waals surface area (Å²) in [5.74, 6) is 2.20. The van der Waals surface area contributed by atoms with Gasteiger partial charge in [-0.25, -0.2) is 0 Å². The monoisotopic (exact) mass is 353 g/mol. The third-order valence-corrected chi connectivity index (χ3v) is 3.54. The number of rotatable bonds is 8. The van der Waals surface area contributed by atoms with Gasteiger partial charge >= 0.3 is 0 Å². The van der Waals surface area contributed by atoms with E-state index in [-0.39, 0.29) is 11.7 Å². The highest BCUT2D eigenvalue weighted by Crippen LogP contribution is 2.18. The van der Waals surface area contributed by atoms with Crippen molar-refractivity contribution in [3.05, 3.63) is 72.7 Å². The number of carbonyl (C=O) groups excluding carboxylic acids is 1. The number of furan rings is 1. The van der Waals surface area contributed by atoms with Crippen LogP contribution < -0.4 is 19.5 Å². The van der Waals surface area contributed by atoms with Gasteiger partial charge in [-0.15, -0.1) is 0 Å². The van der Waals surface area contributed by atoms with Gasteiger partial charge in [-0.2, -0.15) is 0 Å². The molecule has 1 N–H and O–H groups in total. The fourth-order valence-electron chi connectivity index (χ4n) is 2.23. The third kappa shape index (κ3) is 4.80. The fraction of sp³-hybridized carbons (Fsp3) is 0.150. The lowest BCUT2D eigenvalue weighted by Crippen LogP contribution is -2.11. The summed E-state index contributed by atoms with van der Waals surface area (Å²) in [5.41, 5.74) is 0.660.